The van der Waals surface area contributed by atoms with E-state index in [1.165, 1.54) is 33.5 Å². The van der Waals surface area contributed by atoms with Crippen LogP contribution in [0.3, 0.4) is 0 Å². The molecule has 6 heteroatoms. The second kappa shape index (κ2) is 7.60. The number of hydrogen-bond donors (Lipinski definition) is 0. The Morgan fingerprint density at radius 2 is 1.68 bits per heavy atom. The molecule has 1 unspecified atom stereocenters. The number of rotatable bonds is 7. The van der Waals surface area contributed by atoms with Gasteiger partial charge in [-0.05, 0) is 19.1 Å². The van der Waals surface area contributed by atoms with Gasteiger partial charge in [0.15, 0.2) is 0 Å². The van der Waals surface area contributed by atoms with Crippen LogP contribution in [0.5, 0.6) is 11.5 Å². The Kier molecular flexibility index (Phi) is 6.11. The van der Waals surface area contributed by atoms with E-state index < -0.39 is 5.97 Å². The smallest absolute Gasteiger partial charge is 0.373 e. The van der Waals surface area contributed by atoms with Crippen molar-refractivity contribution in [3.63, 3.8) is 0 Å². The summed E-state index contributed by atoms with van der Waals surface area (Å²) in [5.74, 6) is 0.368. The Bertz CT molecular complexity index is 395. The Morgan fingerprint density at radius 1 is 1.11 bits per heavy atom. The minimum absolute atomic E-state index is 0.279. The second-order valence-electron chi connectivity index (χ2n) is 3.83. The topological polar surface area (TPSA) is 63.2 Å². The molecule has 0 aromatic heterocycles. The first-order chi connectivity index (χ1) is 9.10. The van der Waals surface area contributed by atoms with E-state index in [0.29, 0.717) is 18.1 Å². The van der Waals surface area contributed by atoms with Crippen molar-refractivity contribution in [2.45, 2.75) is 13.0 Å². The van der Waals surface area contributed by atoms with Crippen LogP contribution in [0.1, 0.15) is 17.3 Å². The normalized spacial score (nSPS) is 11.8. The predicted molar refractivity (Wildman–Crippen MR) is 67.4 cm³/mol. The number of methoxy groups -OCH3 is 3. The molecule has 1 rings (SSSR count). The van der Waals surface area contributed by atoms with Crippen LogP contribution >= 0.6 is 0 Å². The van der Waals surface area contributed by atoms with E-state index in [1.54, 1.807) is 13.0 Å². The maximum atomic E-state index is 11.8. The average molecular weight is 270 g/mol. The average Bonchev–Trinajstić information content (AvgIpc) is 2.44. The molecule has 0 aliphatic heterocycles. The number of benzene rings is 1. The third-order valence-corrected chi connectivity index (χ3v) is 2.28. The van der Waals surface area contributed by atoms with Crippen molar-refractivity contribution in [1.82, 2.24) is 0 Å². The van der Waals surface area contributed by atoms with E-state index in [9.17, 15) is 4.79 Å². The van der Waals surface area contributed by atoms with Gasteiger partial charge in [0.1, 0.15) is 17.6 Å². The van der Waals surface area contributed by atoms with Crippen LogP contribution in [-0.2, 0) is 14.5 Å². The second-order valence-corrected chi connectivity index (χ2v) is 3.83. The highest BCUT2D eigenvalue weighted by Gasteiger charge is 2.14. The molecule has 0 bridgehead atoms. The quantitative estimate of drug-likeness (QED) is 0.556. The molecule has 0 saturated carbocycles. The highest BCUT2D eigenvalue weighted by Crippen LogP contribution is 2.23. The molecular weight excluding hydrogens is 252 g/mol. The molecule has 19 heavy (non-hydrogen) atoms. The summed E-state index contributed by atoms with van der Waals surface area (Å²) in [6, 6.07) is 4.73. The van der Waals surface area contributed by atoms with Crippen molar-refractivity contribution in [3.8, 4) is 11.5 Å². The summed E-state index contributed by atoms with van der Waals surface area (Å²) in [5, 5.41) is 0. The van der Waals surface area contributed by atoms with E-state index in [4.69, 9.17) is 24.0 Å². The molecule has 0 heterocycles. The Morgan fingerprint density at radius 3 is 2.16 bits per heavy atom. The molecule has 0 radical (unpaired) electrons. The van der Waals surface area contributed by atoms with Gasteiger partial charge in [-0.1, -0.05) is 0 Å². The number of ether oxygens (including phenoxy) is 3. The molecule has 106 valence electrons. The molecule has 1 aromatic carbocycles. The van der Waals surface area contributed by atoms with E-state index in [1.807, 2.05) is 0 Å². The van der Waals surface area contributed by atoms with Crippen molar-refractivity contribution >= 4 is 5.97 Å². The largest absolute Gasteiger partial charge is 0.497 e. The van der Waals surface area contributed by atoms with Crippen LogP contribution < -0.4 is 9.47 Å². The molecule has 0 saturated heterocycles. The van der Waals surface area contributed by atoms with Crippen LogP contribution in [0.4, 0.5) is 0 Å². The SMILES string of the molecule is COCC(C)OOC(=O)c1cc(OC)cc(OC)c1. The molecule has 1 atom stereocenters. The van der Waals surface area contributed by atoms with Crippen LogP contribution in [-0.4, -0.2) is 40.0 Å². The molecule has 0 aliphatic carbocycles. The first kappa shape index (κ1) is 15.3. The standard InChI is InChI=1S/C13H18O6/c1-9(8-15-2)18-19-13(14)10-5-11(16-3)7-12(6-10)17-4/h5-7,9H,8H2,1-4H3. The molecule has 0 fully saturated rings. The molecule has 0 N–H and O–H groups in total. The maximum Gasteiger partial charge on any atom is 0.373 e. The highest BCUT2D eigenvalue weighted by atomic mass is 17.2. The fraction of sp³-hybridized carbons (Fsp3) is 0.462. The number of hydrogen-bond acceptors (Lipinski definition) is 6. The minimum atomic E-state index is -0.625. The van der Waals surface area contributed by atoms with Crippen LogP contribution in [0.2, 0.25) is 0 Å². The number of carbonyl (C=O) groups is 1. The van der Waals surface area contributed by atoms with Gasteiger partial charge in [0.2, 0.25) is 0 Å². The molecular formula is C13H18O6. The first-order valence-electron chi connectivity index (χ1n) is 5.70. The van der Waals surface area contributed by atoms with Crippen molar-refractivity contribution in [2.24, 2.45) is 0 Å². The molecule has 6 nitrogen and oxygen atoms in total. The summed E-state index contributed by atoms with van der Waals surface area (Å²) in [6.45, 7) is 2.05. The lowest BCUT2D eigenvalue weighted by atomic mass is 10.2. The van der Waals surface area contributed by atoms with Gasteiger partial charge >= 0.3 is 5.97 Å². The van der Waals surface area contributed by atoms with E-state index in [0.717, 1.165) is 0 Å². The van der Waals surface area contributed by atoms with Gasteiger partial charge in [-0.2, -0.15) is 4.89 Å². The third kappa shape index (κ3) is 4.76. The summed E-state index contributed by atoms with van der Waals surface area (Å²) in [5.41, 5.74) is 0.279. The fourth-order valence-electron chi connectivity index (χ4n) is 1.36. The lowest BCUT2D eigenvalue weighted by Crippen LogP contribution is -2.18. The zero-order valence-electron chi connectivity index (χ0n) is 11.5. The van der Waals surface area contributed by atoms with Crippen molar-refractivity contribution in [1.29, 1.82) is 0 Å². The zero-order chi connectivity index (χ0) is 14.3. The predicted octanol–water partition coefficient (Wildman–Crippen LogP) is 1.83. The summed E-state index contributed by atoms with van der Waals surface area (Å²) in [7, 11) is 4.54. The van der Waals surface area contributed by atoms with Crippen molar-refractivity contribution in [2.75, 3.05) is 27.9 Å². The summed E-state index contributed by atoms with van der Waals surface area (Å²) in [6.07, 6.45) is -0.346. The van der Waals surface area contributed by atoms with Crippen LogP contribution in [0.15, 0.2) is 18.2 Å². The first-order valence-corrected chi connectivity index (χ1v) is 5.70. The molecule has 1 aromatic rings. The van der Waals surface area contributed by atoms with Crippen LogP contribution in [0.25, 0.3) is 0 Å². The Balaban J connectivity index is 2.70. The Hall–Kier alpha value is -1.79. The maximum absolute atomic E-state index is 11.8. The summed E-state index contributed by atoms with van der Waals surface area (Å²) >= 11 is 0. The molecule has 0 amide bonds. The zero-order valence-corrected chi connectivity index (χ0v) is 11.5. The van der Waals surface area contributed by atoms with Gasteiger partial charge in [0, 0.05) is 13.2 Å². The van der Waals surface area contributed by atoms with E-state index in [2.05, 4.69) is 0 Å². The van der Waals surface area contributed by atoms with Gasteiger partial charge in [-0.25, -0.2) is 4.79 Å². The van der Waals surface area contributed by atoms with Crippen LogP contribution in [0, 0.1) is 0 Å². The lowest BCUT2D eigenvalue weighted by molar-refractivity contribution is -0.276. The van der Waals surface area contributed by atoms with E-state index in [-0.39, 0.29) is 11.7 Å². The van der Waals surface area contributed by atoms with E-state index >= 15 is 0 Å². The minimum Gasteiger partial charge on any atom is -0.497 e. The van der Waals surface area contributed by atoms with Gasteiger partial charge in [-0.15, -0.1) is 0 Å². The molecule has 0 spiro atoms. The third-order valence-electron chi connectivity index (χ3n) is 2.28. The summed E-state index contributed by atoms with van der Waals surface area (Å²) in [4.78, 5) is 21.4. The fourth-order valence-corrected chi connectivity index (χ4v) is 1.36. The van der Waals surface area contributed by atoms with Gasteiger partial charge < -0.3 is 14.2 Å². The Labute approximate surface area is 112 Å². The van der Waals surface area contributed by atoms with Gasteiger partial charge in [0.25, 0.3) is 0 Å². The summed E-state index contributed by atoms with van der Waals surface area (Å²) < 4.78 is 15.0. The molecule has 0 aliphatic rings. The van der Waals surface area contributed by atoms with Gasteiger partial charge in [0.05, 0.1) is 26.4 Å². The highest BCUT2D eigenvalue weighted by molar-refractivity contribution is 5.90. The number of carbonyl (C=O) groups excluding carboxylic acids is 1. The monoisotopic (exact) mass is 270 g/mol. The van der Waals surface area contributed by atoms with Crippen molar-refractivity contribution < 1.29 is 28.8 Å². The van der Waals surface area contributed by atoms with Crippen molar-refractivity contribution in [3.05, 3.63) is 23.8 Å². The lowest BCUT2D eigenvalue weighted by Gasteiger charge is -2.11. The van der Waals surface area contributed by atoms with Gasteiger partial charge in [-0.3, -0.25) is 4.89 Å².